The van der Waals surface area contributed by atoms with Gasteiger partial charge in [-0.2, -0.15) is 0 Å². The average molecular weight is 293 g/mol. The van der Waals surface area contributed by atoms with Crippen LogP contribution in [-0.4, -0.2) is 41.2 Å². The van der Waals surface area contributed by atoms with Gasteiger partial charge in [-0.25, -0.2) is 4.39 Å². The van der Waals surface area contributed by atoms with Crippen molar-refractivity contribution in [1.29, 1.82) is 0 Å². The van der Waals surface area contributed by atoms with E-state index >= 15 is 0 Å². The zero-order valence-corrected chi connectivity index (χ0v) is 12.1. The number of hydrogen-bond donors (Lipinski definition) is 1. The van der Waals surface area contributed by atoms with Crippen molar-refractivity contribution in [2.45, 2.75) is 43.8 Å². The molecule has 5 heteroatoms. The third kappa shape index (κ3) is 2.88. The fraction of sp³-hybridized carbons (Fsp3) is 0.562. The van der Waals surface area contributed by atoms with Crippen molar-refractivity contribution in [3.63, 3.8) is 0 Å². The van der Waals surface area contributed by atoms with E-state index in [1.807, 2.05) is 0 Å². The lowest BCUT2D eigenvalue weighted by Gasteiger charge is -2.29. The van der Waals surface area contributed by atoms with Gasteiger partial charge in [-0.3, -0.25) is 4.79 Å². The smallest absolute Gasteiger partial charge is 0.263 e. The Morgan fingerprint density at radius 2 is 2.19 bits per heavy atom. The lowest BCUT2D eigenvalue weighted by molar-refractivity contribution is -0.139. The summed E-state index contributed by atoms with van der Waals surface area (Å²) < 4.78 is 18.8. The molecule has 0 aromatic heterocycles. The Labute approximate surface area is 123 Å². The number of carbonyl (C=O) groups excluding carboxylic acids is 1. The SMILES string of the molecule is CN(CC1(O)CCCC1)C(=O)C1Cc2cc(F)ccc2O1. The van der Waals surface area contributed by atoms with Crippen LogP contribution >= 0.6 is 0 Å². The second kappa shape index (κ2) is 5.30. The predicted molar refractivity (Wildman–Crippen MR) is 75.6 cm³/mol. The fourth-order valence-corrected chi connectivity index (χ4v) is 3.31. The normalized spacial score (nSPS) is 22.7. The van der Waals surface area contributed by atoms with Crippen molar-refractivity contribution in [2.24, 2.45) is 0 Å². The van der Waals surface area contributed by atoms with Crippen LogP contribution in [-0.2, 0) is 11.2 Å². The maximum absolute atomic E-state index is 13.2. The molecule has 0 radical (unpaired) electrons. The molecule has 0 bridgehead atoms. The minimum absolute atomic E-state index is 0.160. The predicted octanol–water partition coefficient (Wildman–Crippen LogP) is 1.89. The molecule has 1 atom stereocenters. The van der Waals surface area contributed by atoms with Crippen LogP contribution in [0.2, 0.25) is 0 Å². The van der Waals surface area contributed by atoms with Crippen molar-refractivity contribution in [1.82, 2.24) is 4.90 Å². The van der Waals surface area contributed by atoms with Gasteiger partial charge in [0.15, 0.2) is 6.10 Å². The zero-order valence-electron chi connectivity index (χ0n) is 12.1. The average Bonchev–Trinajstić information content (AvgIpc) is 3.03. The van der Waals surface area contributed by atoms with E-state index in [9.17, 15) is 14.3 Å². The zero-order chi connectivity index (χ0) is 15.0. The molecule has 3 rings (SSSR count). The molecule has 2 aliphatic rings. The standard InChI is InChI=1S/C16H20FNO3/c1-18(10-16(20)6-2-3-7-16)15(19)14-9-11-8-12(17)4-5-13(11)21-14/h4-5,8,14,20H,2-3,6-7,9-10H2,1H3. The molecule has 1 fully saturated rings. The highest BCUT2D eigenvalue weighted by Gasteiger charge is 2.37. The van der Waals surface area contributed by atoms with Crippen LogP contribution in [0.1, 0.15) is 31.2 Å². The summed E-state index contributed by atoms with van der Waals surface area (Å²) in [5.41, 5.74) is -0.0385. The van der Waals surface area contributed by atoms with Crippen molar-refractivity contribution < 1.29 is 19.0 Å². The van der Waals surface area contributed by atoms with Gasteiger partial charge in [-0.1, -0.05) is 12.8 Å². The van der Waals surface area contributed by atoms with Crippen LogP contribution < -0.4 is 4.74 Å². The lowest BCUT2D eigenvalue weighted by Crippen LogP contribution is -2.46. The summed E-state index contributed by atoms with van der Waals surface area (Å²) in [6.07, 6.45) is 3.25. The molecule has 1 amide bonds. The molecule has 0 saturated heterocycles. The molecule has 1 unspecified atom stereocenters. The number of fused-ring (bicyclic) bond motifs is 1. The highest BCUT2D eigenvalue weighted by molar-refractivity contribution is 5.82. The van der Waals surface area contributed by atoms with Gasteiger partial charge in [0, 0.05) is 25.6 Å². The first kappa shape index (κ1) is 14.3. The van der Waals surface area contributed by atoms with Gasteiger partial charge in [-0.05, 0) is 31.0 Å². The number of amides is 1. The van der Waals surface area contributed by atoms with Crippen LogP contribution in [0.5, 0.6) is 5.75 Å². The van der Waals surface area contributed by atoms with Gasteiger partial charge in [0.05, 0.1) is 5.60 Å². The second-order valence-corrected chi connectivity index (χ2v) is 6.19. The van der Waals surface area contributed by atoms with Crippen molar-refractivity contribution in [3.05, 3.63) is 29.6 Å². The second-order valence-electron chi connectivity index (χ2n) is 6.19. The number of carbonyl (C=O) groups is 1. The maximum atomic E-state index is 13.2. The van der Waals surface area contributed by atoms with E-state index in [0.717, 1.165) is 31.2 Å². The molecule has 0 spiro atoms. The molecule has 21 heavy (non-hydrogen) atoms. The largest absolute Gasteiger partial charge is 0.480 e. The topological polar surface area (TPSA) is 49.8 Å². The van der Waals surface area contributed by atoms with Gasteiger partial charge in [0.25, 0.3) is 5.91 Å². The highest BCUT2D eigenvalue weighted by atomic mass is 19.1. The Morgan fingerprint density at radius 3 is 2.90 bits per heavy atom. The van der Waals surface area contributed by atoms with Gasteiger partial charge in [0.2, 0.25) is 0 Å². The summed E-state index contributed by atoms with van der Waals surface area (Å²) in [6, 6.07) is 4.30. The van der Waals surface area contributed by atoms with Crippen molar-refractivity contribution in [2.75, 3.05) is 13.6 Å². The third-order valence-electron chi connectivity index (χ3n) is 4.41. The third-order valence-corrected chi connectivity index (χ3v) is 4.41. The minimum atomic E-state index is -0.762. The summed E-state index contributed by atoms with van der Waals surface area (Å²) >= 11 is 0. The number of nitrogens with zero attached hydrogens (tertiary/aromatic N) is 1. The number of benzene rings is 1. The van der Waals surface area contributed by atoms with Crippen LogP contribution in [0.15, 0.2) is 18.2 Å². The van der Waals surface area contributed by atoms with Gasteiger partial charge >= 0.3 is 0 Å². The number of ether oxygens (including phenoxy) is 1. The Balaban J connectivity index is 1.64. The van der Waals surface area contributed by atoms with Gasteiger partial charge in [0.1, 0.15) is 11.6 Å². The fourth-order valence-electron chi connectivity index (χ4n) is 3.31. The van der Waals surface area contributed by atoms with Crippen molar-refractivity contribution in [3.8, 4) is 5.75 Å². The Kier molecular flexibility index (Phi) is 3.61. The van der Waals surface area contributed by atoms with Crippen LogP contribution in [0.4, 0.5) is 4.39 Å². The summed E-state index contributed by atoms with van der Waals surface area (Å²) in [7, 11) is 1.69. The van der Waals surface area contributed by atoms with E-state index in [0.29, 0.717) is 18.7 Å². The monoisotopic (exact) mass is 293 g/mol. The molecule has 114 valence electrons. The Hall–Kier alpha value is -1.62. The molecule has 1 aromatic carbocycles. The molecule has 4 nitrogen and oxygen atoms in total. The van der Waals surface area contributed by atoms with E-state index in [4.69, 9.17) is 4.74 Å². The van der Waals surface area contributed by atoms with Gasteiger partial charge < -0.3 is 14.7 Å². The molecular weight excluding hydrogens is 273 g/mol. The number of likely N-dealkylation sites (N-methyl/N-ethyl adjacent to an activating group) is 1. The molecule has 1 heterocycles. The number of rotatable bonds is 3. The maximum Gasteiger partial charge on any atom is 0.263 e. The van der Waals surface area contributed by atoms with E-state index < -0.39 is 11.7 Å². The van der Waals surface area contributed by atoms with E-state index in [2.05, 4.69) is 0 Å². The van der Waals surface area contributed by atoms with Crippen molar-refractivity contribution >= 4 is 5.91 Å². The van der Waals surface area contributed by atoms with Gasteiger partial charge in [-0.15, -0.1) is 0 Å². The first-order valence-corrected chi connectivity index (χ1v) is 7.39. The summed E-state index contributed by atoms with van der Waals surface area (Å²) in [5.74, 6) is 0.0914. The first-order valence-electron chi connectivity index (χ1n) is 7.39. The molecule has 1 saturated carbocycles. The minimum Gasteiger partial charge on any atom is -0.480 e. The van der Waals surface area contributed by atoms with Crippen LogP contribution in [0.25, 0.3) is 0 Å². The number of hydrogen-bond acceptors (Lipinski definition) is 3. The van der Waals surface area contributed by atoms with Crippen LogP contribution in [0.3, 0.4) is 0 Å². The van der Waals surface area contributed by atoms with E-state index in [-0.39, 0.29) is 11.7 Å². The molecular formula is C16H20FNO3. The van der Waals surface area contributed by atoms with Crippen LogP contribution in [0, 0.1) is 5.82 Å². The lowest BCUT2D eigenvalue weighted by atomic mass is 10.0. The quantitative estimate of drug-likeness (QED) is 0.926. The molecule has 1 aliphatic heterocycles. The van der Waals surface area contributed by atoms with E-state index in [1.165, 1.54) is 17.0 Å². The molecule has 1 aromatic rings. The summed E-state index contributed by atoms with van der Waals surface area (Å²) in [5, 5.41) is 10.4. The Bertz CT molecular complexity index is 554. The first-order chi connectivity index (χ1) is 9.97. The number of aliphatic hydroxyl groups is 1. The highest BCUT2D eigenvalue weighted by Crippen LogP contribution is 2.32. The molecule has 1 N–H and O–H groups in total. The summed E-state index contributed by atoms with van der Waals surface area (Å²) in [4.78, 5) is 14.0. The Morgan fingerprint density at radius 1 is 1.48 bits per heavy atom. The number of halogens is 1. The summed E-state index contributed by atoms with van der Waals surface area (Å²) in [6.45, 7) is 0.330. The van der Waals surface area contributed by atoms with E-state index in [1.54, 1.807) is 13.1 Å². The molecule has 1 aliphatic carbocycles.